The standard InChI is InChI=1S/C14H13NO5/c16-9-3-1-2-8(4-9)7-15-14(20)13-11(18)5-10(17)6-12(13)19/h1-6,16-19H,7H2,(H,15,20). The molecule has 2 aromatic rings. The van der Waals surface area contributed by atoms with Crippen LogP contribution >= 0.6 is 0 Å². The molecule has 0 saturated heterocycles. The van der Waals surface area contributed by atoms with Crippen LogP contribution in [0.25, 0.3) is 0 Å². The molecule has 6 heteroatoms. The van der Waals surface area contributed by atoms with Crippen molar-refractivity contribution in [2.75, 3.05) is 0 Å². The Morgan fingerprint density at radius 2 is 1.60 bits per heavy atom. The van der Waals surface area contributed by atoms with Crippen molar-refractivity contribution in [2.45, 2.75) is 6.54 Å². The van der Waals surface area contributed by atoms with Gasteiger partial charge in [-0.15, -0.1) is 0 Å². The minimum atomic E-state index is -0.691. The van der Waals surface area contributed by atoms with E-state index in [0.717, 1.165) is 12.1 Å². The molecule has 0 unspecified atom stereocenters. The number of hydrogen-bond acceptors (Lipinski definition) is 5. The van der Waals surface area contributed by atoms with Crippen molar-refractivity contribution in [1.29, 1.82) is 0 Å². The van der Waals surface area contributed by atoms with Gasteiger partial charge in [-0.3, -0.25) is 4.79 Å². The summed E-state index contributed by atoms with van der Waals surface area (Å²) in [6.45, 7) is 0.118. The first-order valence-corrected chi connectivity index (χ1v) is 5.78. The molecule has 2 rings (SSSR count). The predicted molar refractivity (Wildman–Crippen MR) is 70.7 cm³/mol. The summed E-state index contributed by atoms with van der Waals surface area (Å²) in [5.74, 6) is -1.99. The van der Waals surface area contributed by atoms with Crippen LogP contribution in [0.4, 0.5) is 0 Å². The van der Waals surface area contributed by atoms with Gasteiger partial charge >= 0.3 is 0 Å². The molecule has 0 aliphatic heterocycles. The van der Waals surface area contributed by atoms with E-state index in [2.05, 4.69) is 5.32 Å². The number of phenolic OH excluding ortho intramolecular Hbond substituents is 4. The summed E-state index contributed by atoms with van der Waals surface area (Å²) in [4.78, 5) is 11.9. The van der Waals surface area contributed by atoms with Gasteiger partial charge in [0.1, 0.15) is 28.6 Å². The van der Waals surface area contributed by atoms with Gasteiger partial charge in [0.2, 0.25) is 0 Å². The molecule has 0 spiro atoms. The molecule has 0 atom stereocenters. The molecule has 0 aliphatic carbocycles. The maximum atomic E-state index is 11.9. The molecule has 0 fully saturated rings. The topological polar surface area (TPSA) is 110 Å². The predicted octanol–water partition coefficient (Wildman–Crippen LogP) is 1.44. The number of benzene rings is 2. The van der Waals surface area contributed by atoms with Gasteiger partial charge in [0.25, 0.3) is 5.91 Å². The zero-order valence-corrected chi connectivity index (χ0v) is 10.4. The molecule has 0 radical (unpaired) electrons. The van der Waals surface area contributed by atoms with Crippen molar-refractivity contribution in [2.24, 2.45) is 0 Å². The largest absolute Gasteiger partial charge is 0.508 e. The van der Waals surface area contributed by atoms with E-state index < -0.39 is 17.4 Å². The van der Waals surface area contributed by atoms with Gasteiger partial charge in [-0.25, -0.2) is 0 Å². The number of amides is 1. The van der Waals surface area contributed by atoms with Crippen LogP contribution in [0, 0.1) is 0 Å². The summed E-state index contributed by atoms with van der Waals surface area (Å²) in [5, 5.41) is 40.1. The average molecular weight is 275 g/mol. The van der Waals surface area contributed by atoms with E-state index in [9.17, 15) is 20.1 Å². The second-order valence-corrected chi connectivity index (χ2v) is 4.21. The second-order valence-electron chi connectivity index (χ2n) is 4.21. The van der Waals surface area contributed by atoms with E-state index in [1.807, 2.05) is 0 Å². The Labute approximate surface area is 114 Å². The van der Waals surface area contributed by atoms with Crippen LogP contribution in [0.15, 0.2) is 36.4 Å². The van der Waals surface area contributed by atoms with Crippen LogP contribution < -0.4 is 5.32 Å². The van der Waals surface area contributed by atoms with E-state index in [1.54, 1.807) is 12.1 Å². The summed E-state index contributed by atoms with van der Waals surface area (Å²) in [7, 11) is 0. The number of aromatic hydroxyl groups is 4. The Morgan fingerprint density at radius 1 is 0.950 bits per heavy atom. The Kier molecular flexibility index (Phi) is 3.65. The molecule has 6 nitrogen and oxygen atoms in total. The van der Waals surface area contributed by atoms with E-state index in [1.165, 1.54) is 12.1 Å². The first-order valence-electron chi connectivity index (χ1n) is 5.78. The quantitative estimate of drug-likeness (QED) is 0.582. The Balaban J connectivity index is 2.13. The molecule has 2 aromatic carbocycles. The van der Waals surface area contributed by atoms with Gasteiger partial charge in [-0.05, 0) is 17.7 Å². The van der Waals surface area contributed by atoms with Crippen LogP contribution in [-0.4, -0.2) is 26.3 Å². The number of phenols is 4. The van der Waals surface area contributed by atoms with Crippen LogP contribution in [-0.2, 0) is 6.54 Å². The summed E-state index contributed by atoms with van der Waals surface area (Å²) < 4.78 is 0. The van der Waals surface area contributed by atoms with E-state index in [4.69, 9.17) is 5.11 Å². The van der Waals surface area contributed by atoms with Crippen molar-refractivity contribution in [1.82, 2.24) is 5.32 Å². The maximum absolute atomic E-state index is 11.9. The van der Waals surface area contributed by atoms with E-state index in [0.29, 0.717) is 5.56 Å². The molecule has 0 bridgehead atoms. The maximum Gasteiger partial charge on any atom is 0.259 e. The third-order valence-electron chi connectivity index (χ3n) is 2.67. The fourth-order valence-corrected chi connectivity index (χ4v) is 1.77. The van der Waals surface area contributed by atoms with Crippen LogP contribution in [0.3, 0.4) is 0 Å². The highest BCUT2D eigenvalue weighted by atomic mass is 16.3. The number of rotatable bonds is 3. The first-order chi connectivity index (χ1) is 9.47. The molecule has 0 saturated carbocycles. The molecular formula is C14H13NO5. The highest BCUT2D eigenvalue weighted by Crippen LogP contribution is 2.31. The van der Waals surface area contributed by atoms with Gasteiger partial charge in [0.05, 0.1) is 0 Å². The van der Waals surface area contributed by atoms with Crippen molar-refractivity contribution >= 4 is 5.91 Å². The van der Waals surface area contributed by atoms with Crippen molar-refractivity contribution in [3.63, 3.8) is 0 Å². The lowest BCUT2D eigenvalue weighted by atomic mass is 10.1. The zero-order valence-electron chi connectivity index (χ0n) is 10.4. The van der Waals surface area contributed by atoms with E-state index >= 15 is 0 Å². The first kappa shape index (κ1) is 13.5. The number of hydrogen-bond donors (Lipinski definition) is 5. The summed E-state index contributed by atoms with van der Waals surface area (Å²) in [6.07, 6.45) is 0. The highest BCUT2D eigenvalue weighted by molar-refractivity contribution is 5.99. The average Bonchev–Trinajstić information content (AvgIpc) is 2.35. The molecular weight excluding hydrogens is 262 g/mol. The molecule has 104 valence electrons. The number of carbonyl (C=O) groups is 1. The van der Waals surface area contributed by atoms with Gasteiger partial charge in [0, 0.05) is 18.7 Å². The third-order valence-corrected chi connectivity index (χ3v) is 2.67. The number of nitrogens with one attached hydrogen (secondary N) is 1. The van der Waals surface area contributed by atoms with Crippen LogP contribution in [0.1, 0.15) is 15.9 Å². The Hall–Kier alpha value is -2.89. The lowest BCUT2D eigenvalue weighted by Gasteiger charge is -2.09. The molecule has 0 aliphatic rings. The lowest BCUT2D eigenvalue weighted by Crippen LogP contribution is -2.22. The van der Waals surface area contributed by atoms with Gasteiger partial charge in [-0.2, -0.15) is 0 Å². The summed E-state index contributed by atoms with van der Waals surface area (Å²) >= 11 is 0. The molecule has 20 heavy (non-hydrogen) atoms. The normalized spacial score (nSPS) is 10.2. The van der Waals surface area contributed by atoms with Crippen molar-refractivity contribution < 1.29 is 25.2 Å². The molecule has 0 aromatic heterocycles. The lowest BCUT2D eigenvalue weighted by molar-refractivity contribution is 0.0945. The van der Waals surface area contributed by atoms with E-state index in [-0.39, 0.29) is 23.6 Å². The monoisotopic (exact) mass is 275 g/mol. The van der Waals surface area contributed by atoms with Gasteiger partial charge in [0.15, 0.2) is 0 Å². The zero-order chi connectivity index (χ0) is 14.7. The summed E-state index contributed by atoms with van der Waals surface area (Å²) in [6, 6.07) is 8.24. The molecule has 5 N–H and O–H groups in total. The van der Waals surface area contributed by atoms with Crippen molar-refractivity contribution in [3.8, 4) is 23.0 Å². The number of carbonyl (C=O) groups excluding carboxylic acids is 1. The molecule has 1 amide bonds. The van der Waals surface area contributed by atoms with Crippen molar-refractivity contribution in [3.05, 3.63) is 47.5 Å². The van der Waals surface area contributed by atoms with Gasteiger partial charge in [-0.1, -0.05) is 12.1 Å². The molecule has 0 heterocycles. The Bertz CT molecular complexity index is 631. The van der Waals surface area contributed by atoms with Gasteiger partial charge < -0.3 is 25.7 Å². The highest BCUT2D eigenvalue weighted by Gasteiger charge is 2.17. The summed E-state index contributed by atoms with van der Waals surface area (Å²) in [5.41, 5.74) is 0.346. The van der Waals surface area contributed by atoms with Crippen LogP contribution in [0.2, 0.25) is 0 Å². The third kappa shape index (κ3) is 2.92. The minimum Gasteiger partial charge on any atom is -0.508 e. The second kappa shape index (κ2) is 5.40. The van der Waals surface area contributed by atoms with Crippen LogP contribution in [0.5, 0.6) is 23.0 Å². The Morgan fingerprint density at radius 3 is 2.20 bits per heavy atom. The SMILES string of the molecule is O=C(NCc1cccc(O)c1)c1c(O)cc(O)cc1O. The fourth-order valence-electron chi connectivity index (χ4n) is 1.77. The fraction of sp³-hybridized carbons (Fsp3) is 0.0714. The smallest absolute Gasteiger partial charge is 0.259 e. The minimum absolute atomic E-state index is 0.0760.